The lowest BCUT2D eigenvalue weighted by atomic mass is 10.0. The predicted molar refractivity (Wildman–Crippen MR) is 74.6 cm³/mol. The molecule has 0 saturated heterocycles. The second-order valence-electron chi connectivity index (χ2n) is 4.32. The summed E-state index contributed by atoms with van der Waals surface area (Å²) in [4.78, 5) is 13.6. The quantitative estimate of drug-likeness (QED) is 0.632. The van der Waals surface area contributed by atoms with Gasteiger partial charge in [0.05, 0.1) is 6.10 Å². The van der Waals surface area contributed by atoms with Gasteiger partial charge in [-0.1, -0.05) is 28.1 Å². The number of aliphatic hydroxyl groups is 2. The Bertz CT molecular complexity index is 595. The van der Waals surface area contributed by atoms with E-state index >= 15 is 0 Å². The molecule has 0 spiro atoms. The number of hydrogen-bond acceptors (Lipinski definition) is 3. The van der Waals surface area contributed by atoms with E-state index in [2.05, 4.69) is 20.9 Å². The predicted octanol–water partition coefficient (Wildman–Crippen LogP) is 2.05. The summed E-state index contributed by atoms with van der Waals surface area (Å²) in [6, 6.07) is 6.59. The minimum Gasteiger partial charge on any atom is -0.477 e. The van der Waals surface area contributed by atoms with Crippen LogP contribution in [0.5, 0.6) is 0 Å². The van der Waals surface area contributed by atoms with E-state index in [1.54, 1.807) is 18.2 Å². The van der Waals surface area contributed by atoms with Gasteiger partial charge in [-0.2, -0.15) is 0 Å². The number of halogens is 1. The summed E-state index contributed by atoms with van der Waals surface area (Å²) in [7, 11) is 0. The molecule has 0 saturated carbocycles. The molecule has 0 radical (unpaired) electrons. The molecule has 0 aliphatic heterocycles. The van der Waals surface area contributed by atoms with Crippen molar-refractivity contribution in [1.82, 2.24) is 4.98 Å². The zero-order chi connectivity index (χ0) is 14.0. The molecular weight excluding hydrogens is 314 g/mol. The number of aromatic nitrogens is 1. The number of nitrogens with one attached hydrogen (secondary N) is 1. The van der Waals surface area contributed by atoms with Crippen LogP contribution in [0.3, 0.4) is 0 Å². The standard InChI is InChI=1S/C13H14BrNO4/c14-4-3-11(16)12(17)8-2-1-7-5-10(13(18)19)15-9(7)6-8/h1-2,5-6,11-12,15-17H,3-4H2,(H,18,19). The van der Waals surface area contributed by atoms with Crippen LogP contribution in [-0.4, -0.2) is 37.7 Å². The summed E-state index contributed by atoms with van der Waals surface area (Å²) >= 11 is 3.21. The number of aromatic carboxylic acids is 1. The number of carboxylic acid groups (broad SMARTS) is 1. The Morgan fingerprint density at radius 2 is 2.05 bits per heavy atom. The highest BCUT2D eigenvalue weighted by Crippen LogP contribution is 2.24. The minimum absolute atomic E-state index is 0.0997. The van der Waals surface area contributed by atoms with E-state index in [9.17, 15) is 15.0 Å². The monoisotopic (exact) mass is 327 g/mol. The normalized spacial score (nSPS) is 14.5. The van der Waals surface area contributed by atoms with Gasteiger partial charge in [0, 0.05) is 16.2 Å². The first-order chi connectivity index (χ1) is 9.02. The summed E-state index contributed by atoms with van der Waals surface area (Å²) in [5.41, 5.74) is 1.28. The molecule has 19 heavy (non-hydrogen) atoms. The van der Waals surface area contributed by atoms with E-state index < -0.39 is 18.2 Å². The second-order valence-corrected chi connectivity index (χ2v) is 5.12. The van der Waals surface area contributed by atoms with Crippen molar-refractivity contribution in [1.29, 1.82) is 0 Å². The maximum atomic E-state index is 10.9. The third kappa shape index (κ3) is 2.97. The van der Waals surface area contributed by atoms with Crippen LogP contribution in [0.2, 0.25) is 0 Å². The van der Waals surface area contributed by atoms with Gasteiger partial charge in [0.2, 0.25) is 0 Å². The number of hydrogen-bond donors (Lipinski definition) is 4. The van der Waals surface area contributed by atoms with E-state index in [1.165, 1.54) is 6.07 Å². The van der Waals surface area contributed by atoms with E-state index in [4.69, 9.17) is 5.11 Å². The number of alkyl halides is 1. The summed E-state index contributed by atoms with van der Waals surface area (Å²) in [5.74, 6) is -1.03. The van der Waals surface area contributed by atoms with Crippen LogP contribution in [0.15, 0.2) is 24.3 Å². The number of aliphatic hydroxyl groups excluding tert-OH is 2. The molecule has 2 atom stereocenters. The molecule has 0 bridgehead atoms. The number of carbonyl (C=O) groups is 1. The van der Waals surface area contributed by atoms with Crippen molar-refractivity contribution in [3.05, 3.63) is 35.5 Å². The van der Waals surface area contributed by atoms with Gasteiger partial charge < -0.3 is 20.3 Å². The second kappa shape index (κ2) is 5.73. The molecular formula is C13H14BrNO4. The zero-order valence-corrected chi connectivity index (χ0v) is 11.6. The molecule has 0 fully saturated rings. The highest BCUT2D eigenvalue weighted by molar-refractivity contribution is 9.09. The number of H-pyrrole nitrogens is 1. The van der Waals surface area contributed by atoms with Gasteiger partial charge in [0.15, 0.2) is 0 Å². The summed E-state index contributed by atoms with van der Waals surface area (Å²) in [6.07, 6.45) is -1.41. The van der Waals surface area contributed by atoms with Crippen molar-refractivity contribution in [3.8, 4) is 0 Å². The van der Waals surface area contributed by atoms with Gasteiger partial charge >= 0.3 is 5.97 Å². The van der Waals surface area contributed by atoms with Crippen molar-refractivity contribution in [2.45, 2.75) is 18.6 Å². The molecule has 1 aromatic heterocycles. The largest absolute Gasteiger partial charge is 0.477 e. The van der Waals surface area contributed by atoms with Crippen molar-refractivity contribution < 1.29 is 20.1 Å². The van der Waals surface area contributed by atoms with Crippen LogP contribution in [-0.2, 0) is 0 Å². The molecule has 0 aliphatic carbocycles. The SMILES string of the molecule is O=C(O)c1cc2ccc(C(O)C(O)CCBr)cc2[nH]1. The number of carboxylic acids is 1. The van der Waals surface area contributed by atoms with Crippen LogP contribution in [0.25, 0.3) is 10.9 Å². The van der Waals surface area contributed by atoms with Crippen LogP contribution in [0, 0.1) is 0 Å². The Balaban J connectivity index is 2.32. The lowest BCUT2D eigenvalue weighted by Crippen LogP contribution is -2.18. The Morgan fingerprint density at radius 3 is 2.68 bits per heavy atom. The van der Waals surface area contributed by atoms with E-state index in [-0.39, 0.29) is 5.69 Å². The van der Waals surface area contributed by atoms with Crippen LogP contribution < -0.4 is 0 Å². The van der Waals surface area contributed by atoms with Crippen molar-refractivity contribution in [3.63, 3.8) is 0 Å². The number of fused-ring (bicyclic) bond motifs is 1. The minimum atomic E-state index is -1.03. The molecule has 4 N–H and O–H groups in total. The van der Waals surface area contributed by atoms with Crippen LogP contribution >= 0.6 is 15.9 Å². The Kier molecular flexibility index (Phi) is 4.24. The third-order valence-corrected chi connectivity index (χ3v) is 3.45. The van der Waals surface area contributed by atoms with Gasteiger partial charge in [-0.25, -0.2) is 4.79 Å². The van der Waals surface area contributed by atoms with Crippen LogP contribution in [0.1, 0.15) is 28.6 Å². The van der Waals surface area contributed by atoms with Crippen molar-refractivity contribution in [2.24, 2.45) is 0 Å². The highest BCUT2D eigenvalue weighted by atomic mass is 79.9. The third-order valence-electron chi connectivity index (χ3n) is 2.99. The fourth-order valence-corrected chi connectivity index (χ4v) is 2.40. The Hall–Kier alpha value is -1.37. The summed E-state index contributed by atoms with van der Waals surface area (Å²) in [6.45, 7) is 0. The van der Waals surface area contributed by atoms with E-state index in [0.29, 0.717) is 22.8 Å². The molecule has 5 nitrogen and oxygen atoms in total. The zero-order valence-electron chi connectivity index (χ0n) is 10.0. The first-order valence-corrected chi connectivity index (χ1v) is 6.93. The van der Waals surface area contributed by atoms with Crippen molar-refractivity contribution in [2.75, 3.05) is 5.33 Å². The average molecular weight is 328 g/mol. The maximum absolute atomic E-state index is 10.9. The van der Waals surface area contributed by atoms with E-state index in [0.717, 1.165) is 5.39 Å². The fourth-order valence-electron chi connectivity index (χ4n) is 1.94. The molecule has 1 aromatic carbocycles. The van der Waals surface area contributed by atoms with Crippen LogP contribution in [0.4, 0.5) is 0 Å². The topological polar surface area (TPSA) is 93.6 Å². The fraction of sp³-hybridized carbons (Fsp3) is 0.308. The van der Waals surface area contributed by atoms with Gasteiger partial charge in [-0.15, -0.1) is 0 Å². The maximum Gasteiger partial charge on any atom is 0.352 e. The lowest BCUT2D eigenvalue weighted by Gasteiger charge is -2.17. The van der Waals surface area contributed by atoms with Gasteiger partial charge in [0.1, 0.15) is 11.8 Å². The summed E-state index contributed by atoms with van der Waals surface area (Å²) in [5, 5.41) is 30.0. The molecule has 2 rings (SSSR count). The molecule has 0 aliphatic rings. The molecule has 2 aromatic rings. The van der Waals surface area contributed by atoms with E-state index in [1.807, 2.05) is 0 Å². The molecule has 0 amide bonds. The summed E-state index contributed by atoms with van der Waals surface area (Å²) < 4.78 is 0. The first-order valence-electron chi connectivity index (χ1n) is 5.81. The molecule has 1 heterocycles. The number of aromatic amines is 1. The number of rotatable bonds is 5. The molecule has 2 unspecified atom stereocenters. The molecule has 102 valence electrons. The van der Waals surface area contributed by atoms with Gasteiger partial charge in [-0.3, -0.25) is 0 Å². The lowest BCUT2D eigenvalue weighted by molar-refractivity contribution is 0.0174. The highest BCUT2D eigenvalue weighted by Gasteiger charge is 2.18. The number of benzene rings is 1. The Labute approximate surface area is 118 Å². The Morgan fingerprint density at radius 1 is 1.32 bits per heavy atom. The average Bonchev–Trinajstić information content (AvgIpc) is 2.81. The van der Waals surface area contributed by atoms with Gasteiger partial charge in [-0.05, 0) is 24.1 Å². The van der Waals surface area contributed by atoms with Gasteiger partial charge in [0.25, 0.3) is 0 Å². The van der Waals surface area contributed by atoms with Crippen molar-refractivity contribution >= 4 is 32.8 Å². The molecule has 6 heteroatoms. The first kappa shape index (κ1) is 14.0. The smallest absolute Gasteiger partial charge is 0.352 e.